The van der Waals surface area contributed by atoms with Gasteiger partial charge in [0.15, 0.2) is 18.8 Å². The van der Waals surface area contributed by atoms with Crippen molar-refractivity contribution >= 4 is 23.2 Å². The van der Waals surface area contributed by atoms with Gasteiger partial charge in [0, 0.05) is 5.02 Å². The molecule has 2 aromatic heterocycles. The van der Waals surface area contributed by atoms with Crippen molar-refractivity contribution in [3.05, 3.63) is 53.3 Å². The third kappa shape index (κ3) is 5.15. The van der Waals surface area contributed by atoms with Crippen molar-refractivity contribution in [1.82, 2.24) is 10.2 Å². The molecule has 0 saturated heterocycles. The van der Waals surface area contributed by atoms with Crippen LogP contribution >= 0.6 is 11.6 Å². The fraction of sp³-hybridized carbons (Fsp3) is 0.278. The van der Waals surface area contributed by atoms with Crippen LogP contribution in [0.2, 0.25) is 5.02 Å². The SMILES string of the molecule is CCC[NH+](CC(=O)Nc1cc(Cl)ccc1F)Cc1nnc(-c2ccco2)o1. The molecule has 9 heteroatoms. The standard InChI is InChI=1S/C18H18ClFN4O3/c1-2-7-24(10-16(25)21-14-9-12(19)5-6-13(14)20)11-17-22-23-18(27-17)15-4-3-8-26-15/h3-6,8-9H,2,7,10-11H2,1H3,(H,21,25)/p+1. The predicted octanol–water partition coefficient (Wildman–Crippen LogP) is 2.56. The van der Waals surface area contributed by atoms with E-state index in [1.807, 2.05) is 6.92 Å². The lowest BCUT2D eigenvalue weighted by molar-refractivity contribution is -0.907. The van der Waals surface area contributed by atoms with Crippen molar-refractivity contribution in [2.24, 2.45) is 0 Å². The van der Waals surface area contributed by atoms with Crippen LogP contribution in [-0.4, -0.2) is 29.2 Å². The van der Waals surface area contributed by atoms with Crippen LogP contribution in [0.4, 0.5) is 10.1 Å². The third-order valence-corrected chi connectivity index (χ3v) is 4.05. The van der Waals surface area contributed by atoms with Crippen LogP contribution in [0.5, 0.6) is 0 Å². The Morgan fingerprint density at radius 2 is 2.19 bits per heavy atom. The van der Waals surface area contributed by atoms with Crippen LogP contribution in [0.15, 0.2) is 45.4 Å². The predicted molar refractivity (Wildman–Crippen MR) is 96.7 cm³/mol. The first-order valence-corrected chi connectivity index (χ1v) is 8.87. The van der Waals surface area contributed by atoms with Gasteiger partial charge in [-0.2, -0.15) is 0 Å². The molecule has 0 saturated carbocycles. The summed E-state index contributed by atoms with van der Waals surface area (Å²) >= 11 is 5.85. The summed E-state index contributed by atoms with van der Waals surface area (Å²) in [5.41, 5.74) is 0.0567. The van der Waals surface area contributed by atoms with E-state index in [1.165, 1.54) is 24.5 Å². The number of carbonyl (C=O) groups is 1. The summed E-state index contributed by atoms with van der Waals surface area (Å²) in [6.45, 7) is 3.21. The fourth-order valence-corrected chi connectivity index (χ4v) is 2.82. The quantitative estimate of drug-likeness (QED) is 0.614. The molecule has 7 nitrogen and oxygen atoms in total. The number of halogens is 2. The Morgan fingerprint density at radius 1 is 1.33 bits per heavy atom. The zero-order valence-electron chi connectivity index (χ0n) is 14.7. The number of anilines is 1. The van der Waals surface area contributed by atoms with Gasteiger partial charge in [0.1, 0.15) is 5.82 Å². The molecule has 1 aromatic carbocycles. The second-order valence-electron chi connectivity index (χ2n) is 6.00. The van der Waals surface area contributed by atoms with Crippen LogP contribution < -0.4 is 10.2 Å². The number of nitrogens with zero attached hydrogens (tertiary/aromatic N) is 2. The number of hydrogen-bond acceptors (Lipinski definition) is 5. The topological polar surface area (TPSA) is 85.6 Å². The molecule has 1 amide bonds. The first-order valence-electron chi connectivity index (χ1n) is 8.50. The van der Waals surface area contributed by atoms with Gasteiger partial charge in [-0.15, -0.1) is 10.2 Å². The molecule has 2 N–H and O–H groups in total. The number of amides is 1. The molecule has 0 bridgehead atoms. The van der Waals surface area contributed by atoms with Crippen molar-refractivity contribution in [3.8, 4) is 11.7 Å². The minimum absolute atomic E-state index is 0.0567. The van der Waals surface area contributed by atoms with Crippen LogP contribution in [0.3, 0.4) is 0 Å². The lowest BCUT2D eigenvalue weighted by Gasteiger charge is -2.16. The van der Waals surface area contributed by atoms with Gasteiger partial charge in [0.05, 0.1) is 18.5 Å². The minimum atomic E-state index is -0.537. The second kappa shape index (κ2) is 8.79. The zero-order chi connectivity index (χ0) is 19.2. The lowest BCUT2D eigenvalue weighted by atomic mass is 10.3. The van der Waals surface area contributed by atoms with Gasteiger partial charge in [0.2, 0.25) is 0 Å². The fourth-order valence-electron chi connectivity index (χ4n) is 2.65. The van der Waals surface area contributed by atoms with Gasteiger partial charge in [-0.05, 0) is 36.8 Å². The van der Waals surface area contributed by atoms with Crippen molar-refractivity contribution < 1.29 is 22.9 Å². The smallest absolute Gasteiger partial charge is 0.283 e. The molecular weight excluding hydrogens is 375 g/mol. The number of furan rings is 1. The summed E-state index contributed by atoms with van der Waals surface area (Å²) < 4.78 is 24.6. The number of carbonyl (C=O) groups excluding carboxylic acids is 1. The van der Waals surface area contributed by atoms with Gasteiger partial charge < -0.3 is 19.1 Å². The largest absolute Gasteiger partial charge is 0.459 e. The molecule has 142 valence electrons. The first kappa shape index (κ1) is 19.1. The molecule has 1 unspecified atom stereocenters. The summed E-state index contributed by atoms with van der Waals surface area (Å²) in [5, 5.41) is 10.9. The Morgan fingerprint density at radius 3 is 2.93 bits per heavy atom. The van der Waals surface area contributed by atoms with Crippen LogP contribution in [0, 0.1) is 5.82 Å². The van der Waals surface area contributed by atoms with Crippen LogP contribution in [0.1, 0.15) is 19.2 Å². The van der Waals surface area contributed by atoms with Gasteiger partial charge in [0.25, 0.3) is 17.7 Å². The molecule has 1 atom stereocenters. The van der Waals surface area contributed by atoms with Crippen LogP contribution in [0.25, 0.3) is 11.7 Å². The van der Waals surface area contributed by atoms with E-state index in [-0.39, 0.29) is 24.0 Å². The molecule has 3 rings (SSSR count). The highest BCUT2D eigenvalue weighted by atomic mass is 35.5. The van der Waals surface area contributed by atoms with Crippen molar-refractivity contribution in [2.75, 3.05) is 18.4 Å². The summed E-state index contributed by atoms with van der Waals surface area (Å²) in [5.74, 6) is 0.304. The second-order valence-corrected chi connectivity index (χ2v) is 6.44. The zero-order valence-corrected chi connectivity index (χ0v) is 15.4. The third-order valence-electron chi connectivity index (χ3n) is 3.82. The molecule has 3 aromatic rings. The maximum Gasteiger partial charge on any atom is 0.283 e. The van der Waals surface area contributed by atoms with E-state index in [2.05, 4.69) is 15.5 Å². The lowest BCUT2D eigenvalue weighted by Crippen LogP contribution is -3.11. The van der Waals surface area contributed by atoms with Crippen molar-refractivity contribution in [1.29, 1.82) is 0 Å². The summed E-state index contributed by atoms with van der Waals surface area (Å²) in [4.78, 5) is 13.2. The average Bonchev–Trinajstić information content (AvgIpc) is 3.29. The number of aromatic nitrogens is 2. The molecule has 0 aliphatic carbocycles. The normalized spacial score (nSPS) is 12.1. The van der Waals surface area contributed by atoms with E-state index in [0.717, 1.165) is 11.3 Å². The number of nitrogens with one attached hydrogen (secondary N) is 2. The Balaban J connectivity index is 1.63. The average molecular weight is 394 g/mol. The monoisotopic (exact) mass is 393 g/mol. The summed E-state index contributed by atoms with van der Waals surface area (Å²) in [6.07, 6.45) is 2.38. The van der Waals surface area contributed by atoms with Crippen LogP contribution in [-0.2, 0) is 11.3 Å². The molecule has 0 radical (unpaired) electrons. The molecule has 0 aliphatic rings. The van der Waals surface area contributed by atoms with Gasteiger partial charge in [-0.25, -0.2) is 4.39 Å². The number of rotatable bonds is 8. The Bertz CT molecular complexity index is 898. The Labute approximate surface area is 160 Å². The van der Waals surface area contributed by atoms with E-state index in [1.54, 1.807) is 12.1 Å². The molecule has 0 fully saturated rings. The highest BCUT2D eigenvalue weighted by Gasteiger charge is 2.20. The molecule has 0 aliphatic heterocycles. The molecule has 2 heterocycles. The molecular formula is C18H19ClFN4O3+. The Hall–Kier alpha value is -2.71. The van der Waals surface area contributed by atoms with Gasteiger partial charge in [-0.3, -0.25) is 4.79 Å². The summed E-state index contributed by atoms with van der Waals surface area (Å²) in [6, 6.07) is 7.46. The number of benzene rings is 1. The number of quaternary nitrogens is 1. The highest BCUT2D eigenvalue weighted by Crippen LogP contribution is 2.19. The van der Waals surface area contributed by atoms with Crippen molar-refractivity contribution in [3.63, 3.8) is 0 Å². The summed E-state index contributed by atoms with van der Waals surface area (Å²) in [7, 11) is 0. The molecule has 0 spiro atoms. The van der Waals surface area contributed by atoms with E-state index >= 15 is 0 Å². The van der Waals surface area contributed by atoms with Crippen molar-refractivity contribution in [2.45, 2.75) is 19.9 Å². The molecule has 27 heavy (non-hydrogen) atoms. The maximum absolute atomic E-state index is 13.8. The van der Waals surface area contributed by atoms with E-state index in [0.29, 0.717) is 29.8 Å². The highest BCUT2D eigenvalue weighted by molar-refractivity contribution is 6.30. The Kier molecular flexibility index (Phi) is 6.20. The van der Waals surface area contributed by atoms with E-state index < -0.39 is 5.82 Å². The maximum atomic E-state index is 13.8. The first-order chi connectivity index (χ1) is 13.0. The van der Waals surface area contributed by atoms with E-state index in [9.17, 15) is 9.18 Å². The van der Waals surface area contributed by atoms with E-state index in [4.69, 9.17) is 20.4 Å². The number of hydrogen-bond donors (Lipinski definition) is 2. The van der Waals surface area contributed by atoms with Gasteiger partial charge >= 0.3 is 0 Å². The van der Waals surface area contributed by atoms with Gasteiger partial charge in [-0.1, -0.05) is 18.5 Å². The minimum Gasteiger partial charge on any atom is -0.459 e.